The lowest BCUT2D eigenvalue weighted by atomic mass is 10.0. The first-order valence-corrected chi connectivity index (χ1v) is 10.1. The van der Waals surface area contributed by atoms with Gasteiger partial charge in [0, 0.05) is 27.7 Å². The number of benzene rings is 3. The van der Waals surface area contributed by atoms with Crippen molar-refractivity contribution in [2.75, 3.05) is 10.0 Å². The third-order valence-corrected chi connectivity index (χ3v) is 5.19. The highest BCUT2D eigenvalue weighted by atomic mass is 32.2. The van der Waals surface area contributed by atoms with Crippen LogP contribution < -0.4 is 10.0 Å². The molecule has 5 rings (SSSR count). The second kappa shape index (κ2) is 7.54. The lowest BCUT2D eigenvalue weighted by Crippen LogP contribution is -2.01. The van der Waals surface area contributed by atoms with Crippen molar-refractivity contribution in [3.05, 3.63) is 73.2 Å². The number of hydrogen-bond acceptors (Lipinski definition) is 6. The molecular weight excluding hydrogens is 400 g/mol. The van der Waals surface area contributed by atoms with Crippen molar-refractivity contribution in [3.8, 4) is 11.1 Å². The molecule has 1 atom stereocenters. The van der Waals surface area contributed by atoms with Crippen LogP contribution in [-0.2, 0) is 11.3 Å². The smallest absolute Gasteiger partial charge is 0.141 e. The molecule has 2 heterocycles. The second-order valence-corrected chi connectivity index (χ2v) is 7.30. The first-order valence-electron chi connectivity index (χ1n) is 9.07. The summed E-state index contributed by atoms with van der Waals surface area (Å²) in [5.41, 5.74) is 5.07. The van der Waals surface area contributed by atoms with Crippen molar-refractivity contribution < 1.29 is 8.76 Å². The van der Waals surface area contributed by atoms with Gasteiger partial charge in [0.1, 0.15) is 12.1 Å². The summed E-state index contributed by atoms with van der Waals surface area (Å²) < 4.78 is 23.9. The minimum Gasteiger partial charge on any atom is -0.755 e. The highest BCUT2D eigenvalue weighted by molar-refractivity contribution is 7.80. The van der Waals surface area contributed by atoms with E-state index < -0.39 is 11.3 Å². The quantitative estimate of drug-likeness (QED) is 0.372. The van der Waals surface area contributed by atoms with Gasteiger partial charge in [-0.15, -0.1) is 0 Å². The first-order chi connectivity index (χ1) is 14.7. The van der Waals surface area contributed by atoms with Crippen molar-refractivity contribution in [3.63, 3.8) is 0 Å². The van der Waals surface area contributed by atoms with E-state index in [-0.39, 0.29) is 0 Å². The molecule has 0 aliphatic heterocycles. The van der Waals surface area contributed by atoms with Gasteiger partial charge < -0.3 is 14.6 Å². The van der Waals surface area contributed by atoms with E-state index in [1.54, 1.807) is 18.3 Å². The van der Waals surface area contributed by atoms with Gasteiger partial charge in [-0.2, -0.15) is 5.10 Å². The molecule has 30 heavy (non-hydrogen) atoms. The van der Waals surface area contributed by atoms with Gasteiger partial charge in [-0.25, -0.2) is 9.97 Å². The molecule has 9 heteroatoms. The predicted molar refractivity (Wildman–Crippen MR) is 117 cm³/mol. The van der Waals surface area contributed by atoms with E-state index in [1.807, 2.05) is 48.5 Å². The van der Waals surface area contributed by atoms with Crippen LogP contribution in [0.3, 0.4) is 0 Å². The fraction of sp³-hybridized carbons (Fsp3) is 0. The summed E-state index contributed by atoms with van der Waals surface area (Å²) in [7, 11) is 0. The average molecular weight is 415 g/mol. The molecule has 2 aromatic heterocycles. The largest absolute Gasteiger partial charge is 0.755 e. The number of aromatic amines is 1. The molecule has 148 valence electrons. The van der Waals surface area contributed by atoms with Crippen LogP contribution in [0.25, 0.3) is 32.9 Å². The number of fused-ring (bicyclic) bond motifs is 2. The number of nitrogens with one attached hydrogen (secondary N) is 3. The highest BCUT2D eigenvalue weighted by Gasteiger charge is 2.09. The fourth-order valence-electron chi connectivity index (χ4n) is 3.37. The van der Waals surface area contributed by atoms with Crippen molar-refractivity contribution in [1.82, 2.24) is 20.2 Å². The van der Waals surface area contributed by atoms with Crippen LogP contribution in [0.2, 0.25) is 0 Å². The zero-order valence-corrected chi connectivity index (χ0v) is 16.3. The summed E-state index contributed by atoms with van der Waals surface area (Å²) in [5, 5.41) is 12.3. The predicted octanol–water partition coefficient (Wildman–Crippen LogP) is 4.12. The topological polar surface area (TPSA) is 119 Å². The van der Waals surface area contributed by atoms with E-state index >= 15 is 0 Å². The molecule has 0 saturated heterocycles. The van der Waals surface area contributed by atoms with E-state index in [2.05, 4.69) is 30.2 Å². The molecule has 0 aliphatic rings. The Kier molecular flexibility index (Phi) is 4.58. The SMILES string of the molecule is O=S([O-])Nc1ccc(-c2ccc3ncnc(Nc4cccc5[nH]ncc45)c3c2)cc1. The van der Waals surface area contributed by atoms with Crippen molar-refractivity contribution in [1.29, 1.82) is 0 Å². The average Bonchev–Trinajstić information content (AvgIpc) is 3.24. The Hall–Kier alpha value is -3.82. The number of aromatic nitrogens is 4. The van der Waals surface area contributed by atoms with Crippen LogP contribution in [0.1, 0.15) is 0 Å². The first kappa shape index (κ1) is 18.2. The van der Waals surface area contributed by atoms with Gasteiger partial charge in [-0.1, -0.05) is 24.3 Å². The van der Waals surface area contributed by atoms with E-state index in [1.165, 1.54) is 6.33 Å². The summed E-state index contributed by atoms with van der Waals surface area (Å²) in [6.45, 7) is 0. The zero-order valence-electron chi connectivity index (χ0n) is 15.5. The van der Waals surface area contributed by atoms with E-state index in [0.717, 1.165) is 38.6 Å². The minimum atomic E-state index is -2.35. The summed E-state index contributed by atoms with van der Waals surface area (Å²) in [6.07, 6.45) is 3.31. The van der Waals surface area contributed by atoms with Gasteiger partial charge in [-0.3, -0.25) is 9.31 Å². The lowest BCUT2D eigenvalue weighted by Gasteiger charge is -2.11. The maximum absolute atomic E-state index is 10.8. The summed E-state index contributed by atoms with van der Waals surface area (Å²) in [6, 6.07) is 19.0. The van der Waals surface area contributed by atoms with E-state index in [0.29, 0.717) is 11.5 Å². The number of nitrogens with zero attached hydrogens (tertiary/aromatic N) is 3. The molecule has 0 radical (unpaired) electrons. The van der Waals surface area contributed by atoms with Gasteiger partial charge >= 0.3 is 0 Å². The third-order valence-electron chi connectivity index (χ3n) is 4.79. The molecule has 0 amide bonds. The van der Waals surface area contributed by atoms with Crippen molar-refractivity contribution in [2.24, 2.45) is 0 Å². The molecule has 0 bridgehead atoms. The summed E-state index contributed by atoms with van der Waals surface area (Å²) >= 11 is -2.35. The highest BCUT2D eigenvalue weighted by Crippen LogP contribution is 2.31. The van der Waals surface area contributed by atoms with Crippen molar-refractivity contribution >= 4 is 50.3 Å². The maximum Gasteiger partial charge on any atom is 0.141 e. The van der Waals surface area contributed by atoms with Crippen LogP contribution in [0.4, 0.5) is 17.2 Å². The van der Waals surface area contributed by atoms with Crippen LogP contribution in [0.5, 0.6) is 0 Å². The standard InChI is InChI=1S/C21H16N6O2S/c28-30(29)27-15-7-4-13(5-8-15)14-6-9-18-16(10-14)21(23-12-22-18)25-19-2-1-3-20-17(19)11-24-26-20/h1-12,27H,(H,24,26)(H,28,29)(H,22,23,25)/p-1. The number of hydrogen-bond donors (Lipinski definition) is 3. The number of anilines is 3. The summed E-state index contributed by atoms with van der Waals surface area (Å²) in [5.74, 6) is 0.690. The third kappa shape index (κ3) is 3.47. The van der Waals surface area contributed by atoms with E-state index in [9.17, 15) is 8.76 Å². The normalized spacial score (nSPS) is 12.2. The second-order valence-electron chi connectivity index (χ2n) is 6.63. The Bertz CT molecular complexity index is 1380. The summed E-state index contributed by atoms with van der Waals surface area (Å²) in [4.78, 5) is 8.81. The Balaban J connectivity index is 1.54. The molecule has 0 aliphatic carbocycles. The monoisotopic (exact) mass is 415 g/mol. The molecular formula is C21H15N6O2S-. The van der Waals surface area contributed by atoms with Gasteiger partial charge in [0.05, 0.1) is 22.9 Å². The molecule has 5 aromatic rings. The van der Waals surface area contributed by atoms with Gasteiger partial charge in [-0.05, 0) is 47.5 Å². The lowest BCUT2D eigenvalue weighted by molar-refractivity contribution is 0.542. The van der Waals surface area contributed by atoms with Crippen LogP contribution in [-0.4, -0.2) is 28.9 Å². The number of H-pyrrole nitrogens is 1. The molecule has 1 unspecified atom stereocenters. The Morgan fingerprint density at radius 3 is 2.60 bits per heavy atom. The Morgan fingerprint density at radius 1 is 0.933 bits per heavy atom. The van der Waals surface area contributed by atoms with Gasteiger partial charge in [0.2, 0.25) is 0 Å². The molecule has 0 fully saturated rings. The van der Waals surface area contributed by atoms with E-state index in [4.69, 9.17) is 0 Å². The van der Waals surface area contributed by atoms with Crippen LogP contribution in [0.15, 0.2) is 73.2 Å². The molecule has 3 N–H and O–H groups in total. The molecule has 0 spiro atoms. The fourth-order valence-corrected chi connectivity index (χ4v) is 3.70. The Labute approximate surface area is 173 Å². The Morgan fingerprint density at radius 2 is 1.77 bits per heavy atom. The maximum atomic E-state index is 10.8. The zero-order chi connectivity index (χ0) is 20.5. The minimum absolute atomic E-state index is 0.506. The van der Waals surface area contributed by atoms with Gasteiger partial charge in [0.25, 0.3) is 0 Å². The number of rotatable bonds is 5. The van der Waals surface area contributed by atoms with Crippen molar-refractivity contribution in [2.45, 2.75) is 0 Å². The van der Waals surface area contributed by atoms with Crippen LogP contribution in [0, 0.1) is 0 Å². The molecule has 8 nitrogen and oxygen atoms in total. The molecule has 3 aromatic carbocycles. The van der Waals surface area contributed by atoms with Crippen LogP contribution >= 0.6 is 0 Å². The molecule has 0 saturated carbocycles. The van der Waals surface area contributed by atoms with Gasteiger partial charge in [0.15, 0.2) is 0 Å².